The van der Waals surface area contributed by atoms with Crippen LogP contribution in [0.3, 0.4) is 0 Å². The highest BCUT2D eigenvalue weighted by atomic mass is 35.5. The topological polar surface area (TPSA) is 27.8 Å². The van der Waals surface area contributed by atoms with Crippen molar-refractivity contribution in [2.75, 3.05) is 0 Å². The zero-order valence-corrected chi connectivity index (χ0v) is 11.0. The molecule has 3 heteroatoms. The van der Waals surface area contributed by atoms with Crippen LogP contribution in [0.1, 0.15) is 29.7 Å². The minimum atomic E-state index is 0.741. The van der Waals surface area contributed by atoms with Gasteiger partial charge in [-0.3, -0.25) is 0 Å². The number of benzene rings is 1. The average molecular weight is 249 g/mol. The molecule has 0 bridgehead atoms. The summed E-state index contributed by atoms with van der Waals surface area (Å²) in [5.74, 6) is 0. The highest BCUT2D eigenvalue weighted by Crippen LogP contribution is 2.29. The van der Waals surface area contributed by atoms with Crippen LogP contribution in [0.15, 0.2) is 12.1 Å². The van der Waals surface area contributed by atoms with Gasteiger partial charge in [0, 0.05) is 28.7 Å². The van der Waals surface area contributed by atoms with Crippen molar-refractivity contribution in [1.82, 2.24) is 10.3 Å². The molecule has 1 aromatic heterocycles. The highest BCUT2D eigenvalue weighted by molar-refractivity contribution is 6.32. The van der Waals surface area contributed by atoms with E-state index in [0.29, 0.717) is 0 Å². The van der Waals surface area contributed by atoms with Gasteiger partial charge in [-0.15, -0.1) is 0 Å². The maximum atomic E-state index is 6.15. The van der Waals surface area contributed by atoms with Gasteiger partial charge >= 0.3 is 0 Å². The molecule has 0 aliphatic heterocycles. The number of halogens is 1. The van der Waals surface area contributed by atoms with E-state index < -0.39 is 0 Å². The Morgan fingerprint density at radius 2 is 2.06 bits per heavy atom. The van der Waals surface area contributed by atoms with Gasteiger partial charge < -0.3 is 10.3 Å². The Balaban J connectivity index is 2.01. The normalized spacial score (nSPS) is 15.7. The first kappa shape index (κ1) is 11.1. The van der Waals surface area contributed by atoms with Gasteiger partial charge in [-0.1, -0.05) is 17.7 Å². The predicted molar refractivity (Wildman–Crippen MR) is 72.6 cm³/mol. The third kappa shape index (κ3) is 1.96. The van der Waals surface area contributed by atoms with E-state index in [-0.39, 0.29) is 0 Å². The predicted octanol–water partition coefficient (Wildman–Crippen LogP) is 3.69. The van der Waals surface area contributed by atoms with Crippen LogP contribution in [0.25, 0.3) is 10.9 Å². The molecule has 2 nitrogen and oxygen atoms in total. The van der Waals surface area contributed by atoms with Gasteiger partial charge in [-0.25, -0.2) is 0 Å². The second-order valence-electron chi connectivity index (χ2n) is 4.98. The van der Waals surface area contributed by atoms with Gasteiger partial charge in [0.15, 0.2) is 0 Å². The van der Waals surface area contributed by atoms with E-state index in [1.165, 1.54) is 35.0 Å². The Bertz CT molecular complexity index is 567. The first-order chi connectivity index (χ1) is 8.16. The van der Waals surface area contributed by atoms with Crippen LogP contribution in [0.5, 0.6) is 0 Å². The third-order valence-electron chi connectivity index (χ3n) is 3.68. The number of hydrogen-bond acceptors (Lipinski definition) is 1. The minimum Gasteiger partial charge on any atom is -0.357 e. The Morgan fingerprint density at radius 1 is 1.29 bits per heavy atom. The maximum Gasteiger partial charge on any atom is 0.0503 e. The molecule has 17 heavy (non-hydrogen) atoms. The summed E-state index contributed by atoms with van der Waals surface area (Å²) in [6.45, 7) is 5.18. The van der Waals surface area contributed by atoms with E-state index in [9.17, 15) is 0 Å². The second kappa shape index (κ2) is 4.04. The summed E-state index contributed by atoms with van der Waals surface area (Å²) in [6, 6.07) is 4.83. The molecular formula is C14H17ClN2. The molecule has 0 unspecified atom stereocenters. The van der Waals surface area contributed by atoms with Crippen molar-refractivity contribution in [3.63, 3.8) is 0 Å². The molecule has 1 fully saturated rings. The molecule has 0 atom stereocenters. The Kier molecular flexibility index (Phi) is 2.64. The van der Waals surface area contributed by atoms with Gasteiger partial charge in [0.1, 0.15) is 0 Å². The van der Waals surface area contributed by atoms with Crippen LogP contribution in [0.2, 0.25) is 5.02 Å². The van der Waals surface area contributed by atoms with Gasteiger partial charge in [-0.2, -0.15) is 0 Å². The summed E-state index contributed by atoms with van der Waals surface area (Å²) >= 11 is 6.15. The molecule has 1 aliphatic carbocycles. The van der Waals surface area contributed by atoms with E-state index in [2.05, 4.69) is 30.2 Å². The van der Waals surface area contributed by atoms with Gasteiger partial charge in [0.05, 0.1) is 5.52 Å². The lowest BCUT2D eigenvalue weighted by molar-refractivity contribution is 0.675. The molecule has 0 spiro atoms. The van der Waals surface area contributed by atoms with Crippen LogP contribution >= 0.6 is 11.6 Å². The maximum absolute atomic E-state index is 6.15. The van der Waals surface area contributed by atoms with Crippen molar-refractivity contribution in [2.45, 2.75) is 39.3 Å². The van der Waals surface area contributed by atoms with Crippen LogP contribution in [0, 0.1) is 13.8 Å². The number of hydrogen-bond donors (Lipinski definition) is 2. The van der Waals surface area contributed by atoms with Crippen molar-refractivity contribution in [1.29, 1.82) is 0 Å². The lowest BCUT2D eigenvalue weighted by Crippen LogP contribution is -2.16. The number of aryl methyl sites for hydroxylation is 2. The quantitative estimate of drug-likeness (QED) is 0.852. The number of nitrogens with one attached hydrogen (secondary N) is 2. The fraction of sp³-hybridized carbons (Fsp3) is 0.429. The molecule has 2 aromatic rings. The SMILES string of the molecule is Cc1c(CNC2CC2)[nH]c2c(C)c(Cl)ccc12. The largest absolute Gasteiger partial charge is 0.357 e. The van der Waals surface area contributed by atoms with Crippen LogP contribution in [0.4, 0.5) is 0 Å². The first-order valence-corrected chi connectivity index (χ1v) is 6.54. The zero-order valence-electron chi connectivity index (χ0n) is 10.2. The second-order valence-corrected chi connectivity index (χ2v) is 5.39. The number of aromatic nitrogens is 1. The average Bonchev–Trinajstić information content (AvgIpc) is 3.08. The van der Waals surface area contributed by atoms with E-state index in [4.69, 9.17) is 11.6 Å². The molecule has 1 heterocycles. The van der Waals surface area contributed by atoms with Crippen LogP contribution in [-0.4, -0.2) is 11.0 Å². The van der Waals surface area contributed by atoms with Gasteiger partial charge in [0.2, 0.25) is 0 Å². The summed E-state index contributed by atoms with van der Waals surface area (Å²) in [5, 5.41) is 5.67. The van der Waals surface area contributed by atoms with Gasteiger partial charge in [0.25, 0.3) is 0 Å². The molecule has 0 radical (unpaired) electrons. The third-order valence-corrected chi connectivity index (χ3v) is 4.09. The van der Waals surface area contributed by atoms with E-state index >= 15 is 0 Å². The molecule has 1 aromatic carbocycles. The Labute approximate surface area is 106 Å². The van der Waals surface area contributed by atoms with Crippen LogP contribution < -0.4 is 5.32 Å². The lowest BCUT2D eigenvalue weighted by Gasteiger charge is -2.01. The van der Waals surface area contributed by atoms with Crippen molar-refractivity contribution < 1.29 is 0 Å². The number of rotatable bonds is 3. The van der Waals surface area contributed by atoms with Crippen molar-refractivity contribution in [3.05, 3.63) is 34.0 Å². The standard InChI is InChI=1S/C14H17ClN2/c1-8-11-5-6-12(15)9(2)14(11)17-13(8)7-16-10-3-4-10/h5-6,10,16-17H,3-4,7H2,1-2H3. The summed E-state index contributed by atoms with van der Waals surface area (Å²) in [6.07, 6.45) is 2.65. The fourth-order valence-electron chi connectivity index (χ4n) is 2.28. The van der Waals surface area contributed by atoms with E-state index in [1.807, 2.05) is 6.07 Å². The molecular weight excluding hydrogens is 232 g/mol. The summed E-state index contributed by atoms with van der Waals surface area (Å²) in [4.78, 5) is 3.51. The van der Waals surface area contributed by atoms with E-state index in [0.717, 1.165) is 23.2 Å². The molecule has 0 saturated heterocycles. The van der Waals surface area contributed by atoms with Crippen molar-refractivity contribution >= 4 is 22.5 Å². The monoisotopic (exact) mass is 248 g/mol. The van der Waals surface area contributed by atoms with Crippen molar-refractivity contribution in [2.24, 2.45) is 0 Å². The molecule has 1 saturated carbocycles. The summed E-state index contributed by atoms with van der Waals surface area (Å²) in [5.41, 5.74) is 4.96. The molecule has 2 N–H and O–H groups in total. The zero-order chi connectivity index (χ0) is 12.0. The highest BCUT2D eigenvalue weighted by Gasteiger charge is 2.21. The molecule has 0 amide bonds. The lowest BCUT2D eigenvalue weighted by atomic mass is 10.1. The first-order valence-electron chi connectivity index (χ1n) is 6.16. The molecule has 90 valence electrons. The van der Waals surface area contributed by atoms with Crippen molar-refractivity contribution in [3.8, 4) is 0 Å². The van der Waals surface area contributed by atoms with Crippen LogP contribution in [-0.2, 0) is 6.54 Å². The number of aromatic amines is 1. The minimum absolute atomic E-state index is 0.741. The number of fused-ring (bicyclic) bond motifs is 1. The summed E-state index contributed by atoms with van der Waals surface area (Å²) in [7, 11) is 0. The molecule has 1 aliphatic rings. The fourth-order valence-corrected chi connectivity index (χ4v) is 2.44. The van der Waals surface area contributed by atoms with Gasteiger partial charge in [-0.05, 0) is 43.9 Å². The summed E-state index contributed by atoms with van der Waals surface area (Å²) < 4.78 is 0. The smallest absolute Gasteiger partial charge is 0.0503 e. The molecule has 3 rings (SSSR count). The Morgan fingerprint density at radius 3 is 2.76 bits per heavy atom. The van der Waals surface area contributed by atoms with E-state index in [1.54, 1.807) is 0 Å². The number of H-pyrrole nitrogens is 1. The Hall–Kier alpha value is -0.990.